The van der Waals surface area contributed by atoms with Crippen molar-refractivity contribution < 1.29 is 4.74 Å². The number of fused-ring (bicyclic) bond motifs is 1. The first-order valence-corrected chi connectivity index (χ1v) is 6.06. The summed E-state index contributed by atoms with van der Waals surface area (Å²) in [7, 11) is 0. The van der Waals surface area contributed by atoms with Gasteiger partial charge in [0.15, 0.2) is 0 Å². The SMILES string of the molecule is CC(C)CCOc1nc2ccccc2s1. The Morgan fingerprint density at radius 1 is 1.33 bits per heavy atom. The number of thiazole rings is 1. The maximum absolute atomic E-state index is 5.61. The maximum atomic E-state index is 5.61. The van der Waals surface area contributed by atoms with E-state index in [2.05, 4.69) is 24.9 Å². The lowest BCUT2D eigenvalue weighted by Crippen LogP contribution is -2.00. The van der Waals surface area contributed by atoms with Gasteiger partial charge in [-0.1, -0.05) is 37.3 Å². The molecule has 0 fully saturated rings. The van der Waals surface area contributed by atoms with Crippen LogP contribution in [0, 0.1) is 5.92 Å². The lowest BCUT2D eigenvalue weighted by atomic mass is 10.1. The molecule has 1 heterocycles. The third kappa shape index (κ3) is 2.69. The fraction of sp³-hybridized carbons (Fsp3) is 0.417. The molecular weight excluding hydrogens is 206 g/mol. The van der Waals surface area contributed by atoms with Crippen LogP contribution in [-0.4, -0.2) is 11.6 Å². The number of hydrogen-bond acceptors (Lipinski definition) is 3. The molecule has 3 heteroatoms. The van der Waals surface area contributed by atoms with Crippen molar-refractivity contribution >= 4 is 21.6 Å². The summed E-state index contributed by atoms with van der Waals surface area (Å²) in [5.41, 5.74) is 1.03. The van der Waals surface area contributed by atoms with Crippen LogP contribution in [0.25, 0.3) is 10.2 Å². The van der Waals surface area contributed by atoms with Crippen molar-refractivity contribution in [2.75, 3.05) is 6.61 Å². The van der Waals surface area contributed by atoms with Gasteiger partial charge in [-0.05, 0) is 24.5 Å². The van der Waals surface area contributed by atoms with Gasteiger partial charge in [-0.25, -0.2) is 4.98 Å². The third-order valence-corrected chi connectivity index (χ3v) is 3.14. The van der Waals surface area contributed by atoms with Crippen molar-refractivity contribution in [1.82, 2.24) is 4.98 Å². The first-order valence-electron chi connectivity index (χ1n) is 5.24. The summed E-state index contributed by atoms with van der Waals surface area (Å²) in [6.07, 6.45) is 1.08. The normalized spacial score (nSPS) is 11.1. The lowest BCUT2D eigenvalue weighted by molar-refractivity contribution is 0.289. The maximum Gasteiger partial charge on any atom is 0.274 e. The summed E-state index contributed by atoms with van der Waals surface area (Å²) in [4.78, 5) is 4.41. The molecule has 0 aliphatic carbocycles. The minimum atomic E-state index is 0.680. The molecule has 0 radical (unpaired) electrons. The van der Waals surface area contributed by atoms with Gasteiger partial charge < -0.3 is 4.74 Å². The molecule has 80 valence electrons. The van der Waals surface area contributed by atoms with Gasteiger partial charge in [-0.15, -0.1) is 0 Å². The van der Waals surface area contributed by atoms with Gasteiger partial charge in [0.05, 0.1) is 16.8 Å². The topological polar surface area (TPSA) is 22.1 Å². The van der Waals surface area contributed by atoms with Crippen molar-refractivity contribution in [2.45, 2.75) is 20.3 Å². The molecule has 0 unspecified atom stereocenters. The molecule has 1 aromatic carbocycles. The average molecular weight is 221 g/mol. The highest BCUT2D eigenvalue weighted by Gasteiger charge is 2.03. The zero-order chi connectivity index (χ0) is 10.7. The smallest absolute Gasteiger partial charge is 0.274 e. The molecule has 0 aliphatic rings. The van der Waals surface area contributed by atoms with Crippen LogP contribution in [0.2, 0.25) is 0 Å². The number of benzene rings is 1. The summed E-state index contributed by atoms with van der Waals surface area (Å²) >= 11 is 1.62. The molecule has 2 aromatic rings. The zero-order valence-electron chi connectivity index (χ0n) is 9.06. The predicted molar refractivity (Wildman–Crippen MR) is 64.6 cm³/mol. The van der Waals surface area contributed by atoms with Crippen molar-refractivity contribution in [3.05, 3.63) is 24.3 Å². The van der Waals surface area contributed by atoms with E-state index in [1.807, 2.05) is 18.2 Å². The fourth-order valence-corrected chi connectivity index (χ4v) is 2.13. The monoisotopic (exact) mass is 221 g/mol. The van der Waals surface area contributed by atoms with Gasteiger partial charge in [0.2, 0.25) is 0 Å². The molecule has 0 N–H and O–H groups in total. The second-order valence-electron chi connectivity index (χ2n) is 3.98. The highest BCUT2D eigenvalue weighted by atomic mass is 32.1. The van der Waals surface area contributed by atoms with E-state index in [4.69, 9.17) is 4.74 Å². The Hall–Kier alpha value is -1.09. The van der Waals surface area contributed by atoms with E-state index < -0.39 is 0 Å². The number of ether oxygens (including phenoxy) is 1. The molecular formula is C12H15NOS. The van der Waals surface area contributed by atoms with Gasteiger partial charge in [-0.3, -0.25) is 0 Å². The Bertz CT molecular complexity index is 403. The van der Waals surface area contributed by atoms with Crippen LogP contribution >= 0.6 is 11.3 Å². The Balaban J connectivity index is 2.03. The van der Waals surface area contributed by atoms with E-state index in [0.29, 0.717) is 5.92 Å². The number of aromatic nitrogens is 1. The summed E-state index contributed by atoms with van der Waals surface area (Å²) < 4.78 is 6.80. The lowest BCUT2D eigenvalue weighted by Gasteiger charge is -2.03. The molecule has 2 rings (SSSR count). The Labute approximate surface area is 93.9 Å². The van der Waals surface area contributed by atoms with E-state index in [-0.39, 0.29) is 0 Å². The molecule has 0 atom stereocenters. The Morgan fingerprint density at radius 2 is 2.13 bits per heavy atom. The van der Waals surface area contributed by atoms with Crippen LogP contribution in [0.15, 0.2) is 24.3 Å². The molecule has 2 nitrogen and oxygen atoms in total. The number of nitrogens with zero attached hydrogens (tertiary/aromatic N) is 1. The van der Waals surface area contributed by atoms with Crippen molar-refractivity contribution in [3.8, 4) is 5.19 Å². The number of hydrogen-bond donors (Lipinski definition) is 0. The van der Waals surface area contributed by atoms with Crippen LogP contribution in [-0.2, 0) is 0 Å². The fourth-order valence-electron chi connectivity index (χ4n) is 1.29. The van der Waals surface area contributed by atoms with E-state index in [1.54, 1.807) is 11.3 Å². The summed E-state index contributed by atoms with van der Waals surface area (Å²) in [6, 6.07) is 8.11. The van der Waals surface area contributed by atoms with E-state index in [9.17, 15) is 0 Å². The minimum absolute atomic E-state index is 0.680. The van der Waals surface area contributed by atoms with Crippen LogP contribution in [0.4, 0.5) is 0 Å². The molecule has 1 aromatic heterocycles. The highest BCUT2D eigenvalue weighted by Crippen LogP contribution is 2.27. The van der Waals surface area contributed by atoms with Gasteiger partial charge in [0.1, 0.15) is 0 Å². The average Bonchev–Trinajstić information content (AvgIpc) is 2.59. The third-order valence-electron chi connectivity index (χ3n) is 2.20. The van der Waals surface area contributed by atoms with E-state index >= 15 is 0 Å². The van der Waals surface area contributed by atoms with Gasteiger partial charge in [0, 0.05) is 0 Å². The number of rotatable bonds is 4. The van der Waals surface area contributed by atoms with Gasteiger partial charge in [0.25, 0.3) is 5.19 Å². The van der Waals surface area contributed by atoms with Gasteiger partial charge >= 0.3 is 0 Å². The van der Waals surface area contributed by atoms with Crippen molar-refractivity contribution in [3.63, 3.8) is 0 Å². The molecule has 15 heavy (non-hydrogen) atoms. The molecule has 0 spiro atoms. The molecule has 0 bridgehead atoms. The predicted octanol–water partition coefficient (Wildman–Crippen LogP) is 3.72. The van der Waals surface area contributed by atoms with Crippen LogP contribution in [0.3, 0.4) is 0 Å². The van der Waals surface area contributed by atoms with Crippen molar-refractivity contribution in [1.29, 1.82) is 0 Å². The zero-order valence-corrected chi connectivity index (χ0v) is 9.88. The summed E-state index contributed by atoms with van der Waals surface area (Å²) in [5.74, 6) is 0.680. The van der Waals surface area contributed by atoms with Crippen molar-refractivity contribution in [2.24, 2.45) is 5.92 Å². The van der Waals surface area contributed by atoms with Crippen LogP contribution < -0.4 is 4.74 Å². The first-order chi connectivity index (χ1) is 7.25. The van der Waals surface area contributed by atoms with Crippen LogP contribution in [0.1, 0.15) is 20.3 Å². The molecule has 0 saturated heterocycles. The Morgan fingerprint density at radius 3 is 2.87 bits per heavy atom. The van der Waals surface area contributed by atoms with Gasteiger partial charge in [-0.2, -0.15) is 0 Å². The summed E-state index contributed by atoms with van der Waals surface area (Å²) in [5, 5.41) is 0.789. The minimum Gasteiger partial charge on any atom is -0.470 e. The molecule has 0 amide bonds. The van der Waals surface area contributed by atoms with Crippen LogP contribution in [0.5, 0.6) is 5.19 Å². The Kier molecular flexibility index (Phi) is 3.21. The summed E-state index contributed by atoms with van der Waals surface area (Å²) in [6.45, 7) is 5.15. The van der Waals surface area contributed by atoms with E-state index in [0.717, 1.165) is 23.7 Å². The second-order valence-corrected chi connectivity index (χ2v) is 4.97. The second kappa shape index (κ2) is 4.62. The first kappa shape index (κ1) is 10.4. The molecule has 0 aliphatic heterocycles. The number of para-hydroxylation sites is 1. The largest absolute Gasteiger partial charge is 0.470 e. The highest BCUT2D eigenvalue weighted by molar-refractivity contribution is 7.20. The standard InChI is InChI=1S/C12H15NOS/c1-9(2)7-8-14-12-13-10-5-3-4-6-11(10)15-12/h3-6,9H,7-8H2,1-2H3. The quantitative estimate of drug-likeness (QED) is 0.785. The molecule has 0 saturated carbocycles. The van der Waals surface area contributed by atoms with E-state index in [1.165, 1.54) is 4.70 Å².